The molecule has 0 aliphatic carbocycles. The molecule has 0 bridgehead atoms. The number of ether oxygens (including phenoxy) is 1. The lowest BCUT2D eigenvalue weighted by Crippen LogP contribution is -2.34. The normalized spacial score (nSPS) is 18.0. The number of benzene rings is 1. The van der Waals surface area contributed by atoms with Crippen LogP contribution in [0, 0.1) is 5.92 Å². The molecule has 2 aromatic rings. The Balaban J connectivity index is 1.58. The molecule has 11 heteroatoms. The molecule has 0 atom stereocenters. The summed E-state index contributed by atoms with van der Waals surface area (Å²) < 4.78 is 16.7. The Bertz CT molecular complexity index is 957. The lowest BCUT2D eigenvalue weighted by Gasteiger charge is -2.33. The van der Waals surface area contributed by atoms with E-state index in [1.165, 1.54) is 0 Å². The van der Waals surface area contributed by atoms with Gasteiger partial charge in [0.05, 0.1) is 26.4 Å². The molecule has 1 saturated heterocycles. The van der Waals surface area contributed by atoms with E-state index in [2.05, 4.69) is 25.2 Å². The molecular formula is C18H25N6O4P. The molecule has 2 N–H and O–H groups in total. The van der Waals surface area contributed by atoms with Crippen LogP contribution in [0.15, 0.2) is 28.8 Å². The number of anilines is 2. The molecule has 1 fully saturated rings. The number of hydrogen-bond acceptors (Lipinski definition) is 8. The molecule has 10 nitrogen and oxygen atoms in total. The van der Waals surface area contributed by atoms with Gasteiger partial charge in [-0.25, -0.2) is 15.0 Å². The summed E-state index contributed by atoms with van der Waals surface area (Å²) in [6.07, 6.45) is 3.85. The van der Waals surface area contributed by atoms with E-state index in [0.29, 0.717) is 31.2 Å². The van der Waals surface area contributed by atoms with Crippen molar-refractivity contribution in [1.82, 2.24) is 9.97 Å². The van der Waals surface area contributed by atoms with Crippen molar-refractivity contribution in [3.63, 3.8) is 0 Å². The quantitative estimate of drug-likeness (QED) is 0.684. The largest absolute Gasteiger partial charge is 0.494 e. The van der Waals surface area contributed by atoms with E-state index in [1.54, 1.807) is 13.4 Å². The molecule has 29 heavy (non-hydrogen) atoms. The summed E-state index contributed by atoms with van der Waals surface area (Å²) in [6.45, 7) is 2.91. The average molecular weight is 420 g/mol. The maximum absolute atomic E-state index is 11.1. The first-order valence-electron chi connectivity index (χ1n) is 9.72. The van der Waals surface area contributed by atoms with Crippen molar-refractivity contribution in [2.24, 2.45) is 16.3 Å². The zero-order valence-corrected chi connectivity index (χ0v) is 17.2. The van der Waals surface area contributed by atoms with Gasteiger partial charge in [-0.15, -0.1) is 0 Å². The number of nitrogens with zero attached hydrogens (tertiary/aromatic N) is 6. The average Bonchev–Trinajstić information content (AvgIpc) is 3.25. The molecule has 2 aliphatic heterocycles. The summed E-state index contributed by atoms with van der Waals surface area (Å²) in [7, 11) is -2.30. The van der Waals surface area contributed by atoms with Gasteiger partial charge in [0, 0.05) is 18.5 Å². The summed E-state index contributed by atoms with van der Waals surface area (Å²) in [4.78, 5) is 29.5. The van der Waals surface area contributed by atoms with Gasteiger partial charge in [-0.2, -0.15) is 5.11 Å². The molecule has 0 spiro atoms. The molecule has 0 amide bonds. The molecule has 0 unspecified atom stereocenters. The minimum absolute atomic E-state index is 0.0400. The van der Waals surface area contributed by atoms with Crippen LogP contribution in [0.2, 0.25) is 0 Å². The molecule has 2 aliphatic rings. The Morgan fingerprint density at radius 2 is 2.00 bits per heavy atom. The third-order valence-corrected chi connectivity index (χ3v) is 6.37. The lowest BCUT2D eigenvalue weighted by atomic mass is 9.94. The number of hydrogen-bond donors (Lipinski definition) is 2. The van der Waals surface area contributed by atoms with Crippen molar-refractivity contribution < 1.29 is 19.1 Å². The first-order chi connectivity index (χ1) is 14.0. The van der Waals surface area contributed by atoms with Crippen LogP contribution in [0.1, 0.15) is 19.3 Å². The second-order valence-corrected chi connectivity index (χ2v) is 9.17. The van der Waals surface area contributed by atoms with Crippen LogP contribution in [0.25, 0.3) is 10.9 Å². The van der Waals surface area contributed by atoms with Crippen LogP contribution < -0.4 is 14.6 Å². The van der Waals surface area contributed by atoms with Crippen LogP contribution in [-0.4, -0.2) is 59.2 Å². The van der Waals surface area contributed by atoms with Gasteiger partial charge in [-0.05, 0) is 37.3 Å². The van der Waals surface area contributed by atoms with E-state index in [-0.39, 0.29) is 6.16 Å². The Morgan fingerprint density at radius 3 is 2.66 bits per heavy atom. The van der Waals surface area contributed by atoms with Crippen molar-refractivity contribution in [3.8, 4) is 5.75 Å². The fraction of sp³-hybridized carbons (Fsp3) is 0.556. The van der Waals surface area contributed by atoms with Crippen molar-refractivity contribution in [2.45, 2.75) is 19.3 Å². The lowest BCUT2D eigenvalue weighted by molar-refractivity contribution is 0.350. The number of aromatic nitrogens is 2. The van der Waals surface area contributed by atoms with Crippen LogP contribution in [0.5, 0.6) is 5.75 Å². The Morgan fingerprint density at radius 1 is 1.21 bits per heavy atom. The van der Waals surface area contributed by atoms with Crippen molar-refractivity contribution in [2.75, 3.05) is 49.4 Å². The Hall–Kier alpha value is -2.29. The number of piperidine rings is 1. The third kappa shape index (κ3) is 4.34. The summed E-state index contributed by atoms with van der Waals surface area (Å²) in [6, 6.07) is 3.88. The SMILES string of the molecule is COc1ccc2c(N3CCC(CCP(=O)(O)O)CC3)ncnc2c1N1CCN=N1. The zero-order valence-electron chi connectivity index (χ0n) is 16.3. The standard InChI is InChI=1S/C18H25N6O4P/c1-28-15-3-2-14-16(17(15)24-10-7-21-22-24)19-12-20-18(14)23-8-4-13(5-9-23)6-11-29(25,26)27/h2-3,12-13H,4-11H2,1H3,(H2,25,26,27). The first-order valence-corrected chi connectivity index (χ1v) is 11.5. The smallest absolute Gasteiger partial charge is 0.325 e. The second-order valence-electron chi connectivity index (χ2n) is 7.39. The van der Waals surface area contributed by atoms with Gasteiger partial charge in [-0.3, -0.25) is 4.57 Å². The third-order valence-electron chi connectivity index (χ3n) is 5.53. The predicted octanol–water partition coefficient (Wildman–Crippen LogP) is 2.61. The van der Waals surface area contributed by atoms with Crippen LogP contribution in [0.3, 0.4) is 0 Å². The summed E-state index contributed by atoms with van der Waals surface area (Å²) >= 11 is 0. The van der Waals surface area contributed by atoms with Crippen LogP contribution in [-0.2, 0) is 4.57 Å². The van der Waals surface area contributed by atoms with Gasteiger partial charge >= 0.3 is 7.60 Å². The minimum atomic E-state index is -3.93. The van der Waals surface area contributed by atoms with Gasteiger partial charge in [0.15, 0.2) is 0 Å². The summed E-state index contributed by atoms with van der Waals surface area (Å²) in [5.41, 5.74) is 1.57. The highest BCUT2D eigenvalue weighted by molar-refractivity contribution is 7.51. The van der Waals surface area contributed by atoms with E-state index in [9.17, 15) is 4.57 Å². The molecule has 1 aromatic heterocycles. The predicted molar refractivity (Wildman–Crippen MR) is 110 cm³/mol. The van der Waals surface area contributed by atoms with E-state index in [1.807, 2.05) is 17.1 Å². The zero-order chi connectivity index (χ0) is 20.4. The highest BCUT2D eigenvalue weighted by atomic mass is 31.2. The van der Waals surface area contributed by atoms with Gasteiger partial charge in [0.1, 0.15) is 29.1 Å². The number of rotatable bonds is 6. The minimum Gasteiger partial charge on any atom is -0.494 e. The van der Waals surface area contributed by atoms with Gasteiger partial charge in [-0.1, -0.05) is 5.22 Å². The Kier molecular flexibility index (Phi) is 5.67. The molecule has 4 rings (SSSR count). The molecule has 3 heterocycles. The Labute approximate surface area is 168 Å². The van der Waals surface area contributed by atoms with Gasteiger partial charge < -0.3 is 19.4 Å². The van der Waals surface area contributed by atoms with Crippen molar-refractivity contribution in [3.05, 3.63) is 18.5 Å². The summed E-state index contributed by atoms with van der Waals surface area (Å²) in [5.74, 6) is 1.88. The molecule has 0 saturated carbocycles. The maximum Gasteiger partial charge on any atom is 0.325 e. The first kappa shape index (κ1) is 20.0. The fourth-order valence-electron chi connectivity index (χ4n) is 4.00. The topological polar surface area (TPSA) is 124 Å². The molecule has 156 valence electrons. The van der Waals surface area contributed by atoms with Gasteiger partial charge in [0.25, 0.3) is 0 Å². The van der Waals surface area contributed by atoms with Crippen molar-refractivity contribution in [1.29, 1.82) is 0 Å². The van der Waals surface area contributed by atoms with E-state index in [0.717, 1.165) is 48.3 Å². The van der Waals surface area contributed by atoms with Crippen LogP contribution in [0.4, 0.5) is 11.5 Å². The summed E-state index contributed by atoms with van der Waals surface area (Å²) in [5, 5.41) is 11.0. The highest BCUT2D eigenvalue weighted by Gasteiger charge is 2.26. The number of methoxy groups -OCH3 is 1. The van der Waals surface area contributed by atoms with E-state index < -0.39 is 7.60 Å². The molecule has 1 aromatic carbocycles. The van der Waals surface area contributed by atoms with Crippen molar-refractivity contribution >= 4 is 30.0 Å². The second kappa shape index (κ2) is 8.22. The molecule has 0 radical (unpaired) electrons. The molecular weight excluding hydrogens is 395 g/mol. The fourth-order valence-corrected chi connectivity index (χ4v) is 4.70. The monoisotopic (exact) mass is 420 g/mol. The highest BCUT2D eigenvalue weighted by Crippen LogP contribution is 2.40. The van der Waals surface area contributed by atoms with Gasteiger partial charge in [0.2, 0.25) is 0 Å². The van der Waals surface area contributed by atoms with Crippen LogP contribution >= 0.6 is 7.60 Å². The maximum atomic E-state index is 11.1. The van der Waals surface area contributed by atoms with E-state index >= 15 is 0 Å². The van der Waals surface area contributed by atoms with E-state index in [4.69, 9.17) is 14.5 Å². The number of fused-ring (bicyclic) bond motifs is 1.